The molecule has 8 heteroatoms. The molecule has 0 atom stereocenters. The van der Waals surface area contributed by atoms with Gasteiger partial charge < -0.3 is 16.4 Å². The number of rotatable bonds is 8. The van der Waals surface area contributed by atoms with E-state index in [-0.39, 0.29) is 5.91 Å². The molecule has 0 unspecified atom stereocenters. The number of unbranched alkanes of at least 4 members (excludes halogenated alkanes) is 1. The molecule has 28 heavy (non-hydrogen) atoms. The van der Waals surface area contributed by atoms with Gasteiger partial charge in [-0.2, -0.15) is 0 Å². The van der Waals surface area contributed by atoms with E-state index in [0.717, 1.165) is 59.6 Å². The van der Waals surface area contributed by atoms with Gasteiger partial charge in [0.05, 0.1) is 11.9 Å². The van der Waals surface area contributed by atoms with Crippen LogP contribution in [0.15, 0.2) is 41.3 Å². The second kappa shape index (κ2) is 8.28. The average Bonchev–Trinajstić information content (AvgIpc) is 3.41. The summed E-state index contributed by atoms with van der Waals surface area (Å²) in [6.07, 6.45) is 7.84. The molecule has 146 valence electrons. The molecule has 0 aliphatic heterocycles. The van der Waals surface area contributed by atoms with E-state index in [1.807, 2.05) is 41.1 Å². The first-order chi connectivity index (χ1) is 13.7. The molecule has 1 aliphatic rings. The molecular weight excluding hydrogens is 420 g/mol. The van der Waals surface area contributed by atoms with Gasteiger partial charge in [0.15, 0.2) is 11.5 Å². The fourth-order valence-electron chi connectivity index (χ4n) is 3.06. The number of aromatic nitrogens is 3. The van der Waals surface area contributed by atoms with Gasteiger partial charge >= 0.3 is 0 Å². The SMILES string of the molecule is NCCCCNc1nc(Br)cn2c(-c3ccc(C(=O)NC4CC4)cc3)cnc12. The Kier molecular flexibility index (Phi) is 5.59. The van der Waals surface area contributed by atoms with E-state index in [2.05, 4.69) is 36.5 Å². The fraction of sp³-hybridized carbons (Fsp3) is 0.350. The highest BCUT2D eigenvalue weighted by molar-refractivity contribution is 9.10. The summed E-state index contributed by atoms with van der Waals surface area (Å²) in [6, 6.07) is 7.97. The van der Waals surface area contributed by atoms with Crippen LogP contribution in [-0.2, 0) is 0 Å². The van der Waals surface area contributed by atoms with Crippen molar-refractivity contribution >= 4 is 33.3 Å². The van der Waals surface area contributed by atoms with E-state index >= 15 is 0 Å². The van der Waals surface area contributed by atoms with Crippen LogP contribution in [0, 0.1) is 0 Å². The Bertz CT molecular complexity index is 980. The predicted molar refractivity (Wildman–Crippen MR) is 113 cm³/mol. The van der Waals surface area contributed by atoms with Gasteiger partial charge in [0.2, 0.25) is 0 Å². The van der Waals surface area contributed by atoms with Crippen molar-refractivity contribution in [1.82, 2.24) is 19.7 Å². The first kappa shape index (κ1) is 18.9. The van der Waals surface area contributed by atoms with E-state index in [1.54, 1.807) is 0 Å². The molecule has 4 rings (SSSR count). The van der Waals surface area contributed by atoms with Crippen molar-refractivity contribution in [2.45, 2.75) is 31.7 Å². The predicted octanol–water partition coefficient (Wildman–Crippen LogP) is 3.20. The number of hydrogen-bond acceptors (Lipinski definition) is 5. The topological polar surface area (TPSA) is 97.3 Å². The summed E-state index contributed by atoms with van der Waals surface area (Å²) in [7, 11) is 0. The maximum atomic E-state index is 12.2. The number of carbonyl (C=O) groups excluding carboxylic acids is 1. The molecule has 2 aromatic heterocycles. The molecule has 0 saturated heterocycles. The molecule has 1 saturated carbocycles. The summed E-state index contributed by atoms with van der Waals surface area (Å²) in [6.45, 7) is 1.48. The monoisotopic (exact) mass is 442 g/mol. The standard InChI is InChI=1S/C20H23BrN6O/c21-17-12-27-16(11-24-19(27)18(26-17)23-10-2-1-9-22)13-3-5-14(6-4-13)20(28)25-15-7-8-15/h3-6,11-12,15H,1-2,7-10,22H2,(H,23,26)(H,25,28). The lowest BCUT2D eigenvalue weighted by Gasteiger charge is -2.09. The molecular formula is C20H23BrN6O. The van der Waals surface area contributed by atoms with Gasteiger partial charge in [-0.25, -0.2) is 9.97 Å². The third-order valence-electron chi connectivity index (χ3n) is 4.74. The van der Waals surface area contributed by atoms with Crippen LogP contribution >= 0.6 is 15.9 Å². The number of amides is 1. The van der Waals surface area contributed by atoms with Crippen LogP contribution < -0.4 is 16.4 Å². The summed E-state index contributed by atoms with van der Waals surface area (Å²) in [4.78, 5) is 21.3. The van der Waals surface area contributed by atoms with Crippen molar-refractivity contribution < 1.29 is 4.79 Å². The Balaban J connectivity index is 1.58. The molecule has 3 aromatic rings. The minimum absolute atomic E-state index is 0.0110. The minimum atomic E-state index is -0.0110. The van der Waals surface area contributed by atoms with Gasteiger partial charge in [-0.1, -0.05) is 12.1 Å². The summed E-state index contributed by atoms with van der Waals surface area (Å²) in [5, 5.41) is 6.35. The molecule has 0 radical (unpaired) electrons. The summed E-state index contributed by atoms with van der Waals surface area (Å²) in [5.74, 6) is 0.723. The number of carbonyl (C=O) groups is 1. The Morgan fingerprint density at radius 1 is 1.25 bits per heavy atom. The number of fused-ring (bicyclic) bond motifs is 1. The fourth-order valence-corrected chi connectivity index (χ4v) is 3.44. The van der Waals surface area contributed by atoms with Crippen molar-refractivity contribution in [3.63, 3.8) is 0 Å². The molecule has 0 bridgehead atoms. The Labute approximate surface area is 171 Å². The summed E-state index contributed by atoms with van der Waals surface area (Å²) < 4.78 is 2.72. The molecule has 1 amide bonds. The zero-order valence-electron chi connectivity index (χ0n) is 15.5. The zero-order chi connectivity index (χ0) is 19.5. The second-order valence-corrected chi connectivity index (χ2v) is 7.81. The van der Waals surface area contributed by atoms with Crippen LogP contribution in [0.25, 0.3) is 16.9 Å². The molecule has 1 aromatic carbocycles. The van der Waals surface area contributed by atoms with Gasteiger partial charge in [-0.05, 0) is 60.3 Å². The molecule has 1 aliphatic carbocycles. The quantitative estimate of drug-likeness (QED) is 0.465. The minimum Gasteiger partial charge on any atom is -0.367 e. The maximum Gasteiger partial charge on any atom is 0.251 e. The zero-order valence-corrected chi connectivity index (χ0v) is 17.1. The normalized spacial score (nSPS) is 13.6. The number of benzene rings is 1. The van der Waals surface area contributed by atoms with Gasteiger partial charge in [0.25, 0.3) is 5.91 Å². The second-order valence-electron chi connectivity index (χ2n) is 7.00. The van der Waals surface area contributed by atoms with E-state index in [4.69, 9.17) is 5.73 Å². The Morgan fingerprint density at radius 2 is 2.04 bits per heavy atom. The first-order valence-corrected chi connectivity index (χ1v) is 10.3. The Hall–Kier alpha value is -2.45. The number of imidazole rings is 1. The van der Waals surface area contributed by atoms with Crippen molar-refractivity contribution in [3.05, 3.63) is 46.8 Å². The van der Waals surface area contributed by atoms with Crippen LogP contribution in [0.2, 0.25) is 0 Å². The van der Waals surface area contributed by atoms with E-state index in [1.165, 1.54) is 0 Å². The molecule has 4 N–H and O–H groups in total. The number of anilines is 1. The smallest absolute Gasteiger partial charge is 0.251 e. The first-order valence-electron chi connectivity index (χ1n) is 9.54. The highest BCUT2D eigenvalue weighted by Gasteiger charge is 2.23. The van der Waals surface area contributed by atoms with Crippen molar-refractivity contribution in [3.8, 4) is 11.3 Å². The number of nitrogens with one attached hydrogen (secondary N) is 2. The van der Waals surface area contributed by atoms with Gasteiger partial charge in [0.1, 0.15) is 4.60 Å². The van der Waals surface area contributed by atoms with Crippen molar-refractivity contribution in [2.24, 2.45) is 5.73 Å². The lowest BCUT2D eigenvalue weighted by atomic mass is 10.1. The third-order valence-corrected chi connectivity index (χ3v) is 5.12. The van der Waals surface area contributed by atoms with Crippen LogP contribution in [0.3, 0.4) is 0 Å². The summed E-state index contributed by atoms with van der Waals surface area (Å²) >= 11 is 3.48. The lowest BCUT2D eigenvalue weighted by Crippen LogP contribution is -2.25. The molecule has 7 nitrogen and oxygen atoms in total. The maximum absolute atomic E-state index is 12.2. The van der Waals surface area contributed by atoms with Crippen LogP contribution in [0.5, 0.6) is 0 Å². The van der Waals surface area contributed by atoms with E-state index in [9.17, 15) is 4.79 Å². The lowest BCUT2D eigenvalue weighted by molar-refractivity contribution is 0.0951. The van der Waals surface area contributed by atoms with Crippen LogP contribution in [0.4, 0.5) is 5.82 Å². The molecule has 0 spiro atoms. The van der Waals surface area contributed by atoms with Gasteiger partial charge in [0, 0.05) is 29.9 Å². The summed E-state index contributed by atoms with van der Waals surface area (Å²) in [5.41, 5.74) is 8.93. The van der Waals surface area contributed by atoms with Gasteiger partial charge in [-0.3, -0.25) is 9.20 Å². The molecule has 1 fully saturated rings. The van der Waals surface area contributed by atoms with E-state index in [0.29, 0.717) is 18.2 Å². The number of nitrogens with zero attached hydrogens (tertiary/aromatic N) is 3. The molecule has 2 heterocycles. The van der Waals surface area contributed by atoms with Crippen molar-refractivity contribution in [1.29, 1.82) is 0 Å². The van der Waals surface area contributed by atoms with Gasteiger partial charge in [-0.15, -0.1) is 0 Å². The average molecular weight is 443 g/mol. The van der Waals surface area contributed by atoms with Crippen LogP contribution in [0.1, 0.15) is 36.0 Å². The van der Waals surface area contributed by atoms with E-state index < -0.39 is 0 Å². The third kappa shape index (κ3) is 4.18. The highest BCUT2D eigenvalue weighted by Crippen LogP contribution is 2.26. The number of hydrogen-bond donors (Lipinski definition) is 3. The Morgan fingerprint density at radius 3 is 2.75 bits per heavy atom. The largest absolute Gasteiger partial charge is 0.367 e. The van der Waals surface area contributed by atoms with Crippen LogP contribution in [-0.4, -0.2) is 39.4 Å². The number of halogens is 1. The number of nitrogens with two attached hydrogens (primary N) is 1. The van der Waals surface area contributed by atoms with Crippen molar-refractivity contribution in [2.75, 3.05) is 18.4 Å². The highest BCUT2D eigenvalue weighted by atomic mass is 79.9.